The summed E-state index contributed by atoms with van der Waals surface area (Å²) in [6.07, 6.45) is 3.09. The number of fused-ring (bicyclic) bond motifs is 5. The van der Waals surface area contributed by atoms with Crippen molar-refractivity contribution >= 4 is 0 Å². The molecule has 34 heavy (non-hydrogen) atoms. The first-order chi connectivity index (χ1) is 16.0. The maximum absolute atomic E-state index is 14.6. The molecule has 5 rings (SSSR count). The summed E-state index contributed by atoms with van der Waals surface area (Å²) in [5, 5.41) is 21.7. The lowest BCUT2D eigenvalue weighted by atomic mass is 9.44. The molecule has 0 saturated heterocycles. The molecule has 0 spiro atoms. The lowest BCUT2D eigenvalue weighted by Gasteiger charge is -2.61. The van der Waals surface area contributed by atoms with Crippen molar-refractivity contribution in [2.45, 2.75) is 102 Å². The number of alkyl halides is 3. The fraction of sp³-hybridized carbons (Fsp3) is 0.793. The molecule has 2 N–H and O–H groups in total. The summed E-state index contributed by atoms with van der Waals surface area (Å²) in [5.74, 6) is 1.04. The highest BCUT2D eigenvalue weighted by Crippen LogP contribution is 2.69. The molecule has 190 valence electrons. The van der Waals surface area contributed by atoms with Crippen LogP contribution in [-0.2, 0) is 6.42 Å². The quantitative estimate of drug-likeness (QED) is 0.492. The lowest BCUT2D eigenvalue weighted by molar-refractivity contribution is -0.296. The molecule has 0 amide bonds. The van der Waals surface area contributed by atoms with Gasteiger partial charge in [-0.25, -0.2) is 0 Å². The number of hydrogen-bond donors (Lipinski definition) is 2. The van der Waals surface area contributed by atoms with E-state index in [1.165, 1.54) is 0 Å². The van der Waals surface area contributed by atoms with Gasteiger partial charge in [-0.3, -0.25) is 0 Å². The van der Waals surface area contributed by atoms with Gasteiger partial charge >= 0.3 is 6.18 Å². The normalized spacial score (nSPS) is 44.0. The maximum Gasteiger partial charge on any atom is 0.417 e. The van der Waals surface area contributed by atoms with Crippen molar-refractivity contribution in [3.63, 3.8) is 0 Å². The average molecular weight is 479 g/mol. The topological polar surface area (TPSA) is 40.5 Å². The number of benzene rings is 1. The van der Waals surface area contributed by atoms with Crippen LogP contribution in [-0.4, -0.2) is 28.1 Å². The second kappa shape index (κ2) is 8.50. The SMILES string of the molecule is CC12CC[C@H](O)CC1CC[C@@H]1[C@@H]2CC[C@@]2(C)[C@H]1CC[C@@H]2[C@](O)(CCc1ccccc1)C(F)(F)F. The fourth-order valence-corrected chi connectivity index (χ4v) is 9.51. The largest absolute Gasteiger partial charge is 0.417 e. The molecule has 4 aliphatic rings. The molecule has 0 radical (unpaired) electrons. The molecule has 5 heteroatoms. The highest BCUT2D eigenvalue weighted by molar-refractivity contribution is 5.17. The van der Waals surface area contributed by atoms with Crippen LogP contribution in [0.25, 0.3) is 0 Å². The molecule has 4 saturated carbocycles. The number of rotatable bonds is 4. The van der Waals surface area contributed by atoms with Gasteiger partial charge < -0.3 is 10.2 Å². The third kappa shape index (κ3) is 3.75. The van der Waals surface area contributed by atoms with Gasteiger partial charge in [-0.15, -0.1) is 0 Å². The van der Waals surface area contributed by atoms with Crippen molar-refractivity contribution in [1.29, 1.82) is 0 Å². The highest BCUT2D eigenvalue weighted by atomic mass is 19.4. The number of hydrogen-bond acceptors (Lipinski definition) is 2. The van der Waals surface area contributed by atoms with Crippen LogP contribution >= 0.6 is 0 Å². The number of halogens is 3. The lowest BCUT2D eigenvalue weighted by Crippen LogP contribution is -2.59. The second-order valence-electron chi connectivity index (χ2n) is 12.7. The Hall–Kier alpha value is -1.07. The minimum absolute atomic E-state index is 0.189. The Labute approximate surface area is 202 Å². The van der Waals surface area contributed by atoms with Crippen molar-refractivity contribution in [2.24, 2.45) is 40.4 Å². The number of aliphatic hydroxyl groups excluding tert-OH is 1. The van der Waals surface area contributed by atoms with Gasteiger partial charge in [-0.05, 0) is 111 Å². The molecule has 0 bridgehead atoms. The van der Waals surface area contributed by atoms with E-state index < -0.39 is 23.1 Å². The zero-order valence-corrected chi connectivity index (χ0v) is 20.7. The Morgan fingerprint density at radius 2 is 1.56 bits per heavy atom. The summed E-state index contributed by atoms with van der Waals surface area (Å²) in [5.41, 5.74) is -2.07. The molecule has 9 atom stereocenters. The van der Waals surface area contributed by atoms with E-state index in [2.05, 4.69) is 13.8 Å². The van der Waals surface area contributed by atoms with Crippen molar-refractivity contribution in [2.75, 3.05) is 0 Å². The standard InChI is InChI=1S/C29H41F3O2/c1-26-15-13-21(33)18-20(26)8-9-22-23-10-11-25(27(23,2)16-14-24(22)26)28(34,29(30,31)32)17-12-19-6-4-3-5-7-19/h3-7,20-25,33-34H,8-18H2,1-2H3/t20?,21-,22-,23-,24-,25-,26?,27-,28+/m0/s1. The van der Waals surface area contributed by atoms with Gasteiger partial charge in [0.15, 0.2) is 5.60 Å². The van der Waals surface area contributed by atoms with Gasteiger partial charge in [-0.1, -0.05) is 44.2 Å². The monoisotopic (exact) mass is 478 g/mol. The molecule has 0 aromatic heterocycles. The Kier molecular flexibility index (Phi) is 6.16. The van der Waals surface area contributed by atoms with Crippen molar-refractivity contribution in [3.8, 4) is 0 Å². The Morgan fingerprint density at radius 1 is 0.882 bits per heavy atom. The van der Waals surface area contributed by atoms with E-state index in [1.807, 2.05) is 30.3 Å². The van der Waals surface area contributed by atoms with Gasteiger partial charge in [-0.2, -0.15) is 13.2 Å². The molecular weight excluding hydrogens is 437 g/mol. The third-order valence-electron chi connectivity index (χ3n) is 11.3. The fourth-order valence-electron chi connectivity index (χ4n) is 9.51. The Bertz CT molecular complexity index is 872. The van der Waals surface area contributed by atoms with Crippen molar-refractivity contribution in [1.82, 2.24) is 0 Å². The average Bonchev–Trinajstić information content (AvgIpc) is 3.15. The molecule has 1 aromatic rings. The van der Waals surface area contributed by atoms with E-state index in [4.69, 9.17) is 0 Å². The zero-order valence-electron chi connectivity index (χ0n) is 20.7. The van der Waals surface area contributed by atoms with Crippen LogP contribution in [0.4, 0.5) is 13.2 Å². The molecule has 1 aromatic carbocycles. The molecule has 4 fully saturated rings. The predicted molar refractivity (Wildman–Crippen MR) is 127 cm³/mol. The summed E-state index contributed by atoms with van der Waals surface area (Å²) < 4.78 is 43.7. The first-order valence-corrected chi connectivity index (χ1v) is 13.5. The van der Waals surface area contributed by atoms with Crippen LogP contribution in [0.2, 0.25) is 0 Å². The Morgan fingerprint density at radius 3 is 2.26 bits per heavy atom. The first kappa shape index (κ1) is 24.6. The number of aryl methyl sites for hydroxylation is 1. The summed E-state index contributed by atoms with van der Waals surface area (Å²) in [7, 11) is 0. The van der Waals surface area contributed by atoms with Crippen molar-refractivity contribution < 1.29 is 23.4 Å². The summed E-state index contributed by atoms with van der Waals surface area (Å²) in [6, 6.07) is 9.25. The van der Waals surface area contributed by atoms with Gasteiger partial charge in [0.1, 0.15) is 0 Å². The predicted octanol–water partition coefficient (Wildman–Crippen LogP) is 6.93. The Balaban J connectivity index is 1.40. The van der Waals surface area contributed by atoms with Crippen LogP contribution in [0.1, 0.15) is 83.6 Å². The van der Waals surface area contributed by atoms with Crippen LogP contribution < -0.4 is 0 Å². The first-order valence-electron chi connectivity index (χ1n) is 13.5. The smallest absolute Gasteiger partial charge is 0.393 e. The zero-order chi connectivity index (χ0) is 24.4. The summed E-state index contributed by atoms with van der Waals surface area (Å²) >= 11 is 0. The van der Waals surface area contributed by atoms with Crippen LogP contribution in [0.5, 0.6) is 0 Å². The third-order valence-corrected chi connectivity index (χ3v) is 11.3. The number of aliphatic hydroxyl groups is 2. The van der Waals surface area contributed by atoms with Gasteiger partial charge in [0.2, 0.25) is 0 Å². The minimum atomic E-state index is -4.63. The minimum Gasteiger partial charge on any atom is -0.393 e. The second-order valence-corrected chi connectivity index (χ2v) is 12.7. The van der Waals surface area contributed by atoms with Gasteiger partial charge in [0.05, 0.1) is 6.10 Å². The van der Waals surface area contributed by atoms with E-state index in [-0.39, 0.29) is 30.3 Å². The van der Waals surface area contributed by atoms with E-state index in [0.717, 1.165) is 56.9 Å². The molecular formula is C29H41F3O2. The van der Waals surface area contributed by atoms with Crippen LogP contribution in [0.3, 0.4) is 0 Å². The van der Waals surface area contributed by atoms with E-state index in [0.29, 0.717) is 24.2 Å². The van der Waals surface area contributed by atoms with Crippen LogP contribution in [0.15, 0.2) is 30.3 Å². The van der Waals surface area contributed by atoms with Crippen molar-refractivity contribution in [3.05, 3.63) is 35.9 Å². The van der Waals surface area contributed by atoms with Gasteiger partial charge in [0, 0.05) is 5.92 Å². The molecule has 4 aliphatic carbocycles. The molecule has 2 unspecified atom stereocenters. The summed E-state index contributed by atoms with van der Waals surface area (Å²) in [4.78, 5) is 0. The van der Waals surface area contributed by atoms with Gasteiger partial charge in [0.25, 0.3) is 0 Å². The highest BCUT2D eigenvalue weighted by Gasteiger charge is 2.68. The van der Waals surface area contributed by atoms with E-state index in [1.54, 1.807) is 0 Å². The van der Waals surface area contributed by atoms with Crippen LogP contribution in [0, 0.1) is 40.4 Å². The molecule has 0 aliphatic heterocycles. The maximum atomic E-state index is 14.6. The molecule has 0 heterocycles. The molecule has 2 nitrogen and oxygen atoms in total. The van der Waals surface area contributed by atoms with E-state index in [9.17, 15) is 23.4 Å². The summed E-state index contributed by atoms with van der Waals surface area (Å²) in [6.45, 7) is 4.48. The van der Waals surface area contributed by atoms with E-state index >= 15 is 0 Å².